The van der Waals surface area contributed by atoms with E-state index in [4.69, 9.17) is 4.74 Å². The van der Waals surface area contributed by atoms with Gasteiger partial charge in [0.2, 0.25) is 0 Å². The third kappa shape index (κ3) is 4.18. The minimum Gasteiger partial charge on any atom is -0.492 e. The van der Waals surface area contributed by atoms with Gasteiger partial charge in [-0.3, -0.25) is 14.9 Å². The SMILES string of the molecule is CN(CCOc1ccc(/C=C2\SC(=O)NC2=O)cc1)c1nc2ccccc2s1. The van der Waals surface area contributed by atoms with E-state index in [2.05, 4.69) is 21.3 Å². The first-order valence-electron chi connectivity index (χ1n) is 8.63. The van der Waals surface area contributed by atoms with Crippen LogP contribution in [-0.2, 0) is 4.79 Å². The largest absolute Gasteiger partial charge is 0.492 e. The van der Waals surface area contributed by atoms with Crippen LogP contribution in [0.5, 0.6) is 5.75 Å². The van der Waals surface area contributed by atoms with E-state index in [1.165, 1.54) is 4.70 Å². The molecule has 1 fully saturated rings. The molecule has 6 nitrogen and oxygen atoms in total. The maximum absolute atomic E-state index is 11.6. The van der Waals surface area contributed by atoms with Crippen LogP contribution in [0.15, 0.2) is 53.4 Å². The summed E-state index contributed by atoms with van der Waals surface area (Å²) in [7, 11) is 2.00. The van der Waals surface area contributed by atoms with Crippen molar-refractivity contribution in [1.82, 2.24) is 10.3 Å². The molecular formula is C20H17N3O3S2. The van der Waals surface area contributed by atoms with Crippen molar-refractivity contribution in [3.05, 3.63) is 59.0 Å². The van der Waals surface area contributed by atoms with Gasteiger partial charge in [0.15, 0.2) is 5.13 Å². The van der Waals surface area contributed by atoms with Crippen LogP contribution < -0.4 is 15.0 Å². The van der Waals surface area contributed by atoms with Crippen LogP contribution in [0.1, 0.15) is 5.56 Å². The molecule has 1 aromatic heterocycles. The van der Waals surface area contributed by atoms with E-state index < -0.39 is 0 Å². The topological polar surface area (TPSA) is 71.5 Å². The second-order valence-corrected chi connectivity index (χ2v) is 8.18. The van der Waals surface area contributed by atoms with Crippen LogP contribution >= 0.6 is 23.1 Å². The molecule has 28 heavy (non-hydrogen) atoms. The molecule has 0 bridgehead atoms. The van der Waals surface area contributed by atoms with Crippen molar-refractivity contribution in [2.24, 2.45) is 0 Å². The van der Waals surface area contributed by atoms with E-state index in [-0.39, 0.29) is 11.1 Å². The molecule has 0 spiro atoms. The highest BCUT2D eigenvalue weighted by Crippen LogP contribution is 2.28. The van der Waals surface area contributed by atoms with Gasteiger partial charge in [-0.15, -0.1) is 0 Å². The highest BCUT2D eigenvalue weighted by atomic mass is 32.2. The maximum Gasteiger partial charge on any atom is 0.290 e. The number of nitrogens with one attached hydrogen (secondary N) is 1. The summed E-state index contributed by atoms with van der Waals surface area (Å²) in [6.45, 7) is 1.24. The number of aromatic nitrogens is 1. The lowest BCUT2D eigenvalue weighted by Crippen LogP contribution is -2.23. The van der Waals surface area contributed by atoms with Gasteiger partial charge < -0.3 is 9.64 Å². The minimum atomic E-state index is -0.354. The Hall–Kier alpha value is -2.84. The van der Waals surface area contributed by atoms with E-state index in [1.807, 2.05) is 49.5 Å². The average molecular weight is 412 g/mol. The van der Waals surface area contributed by atoms with Crippen molar-refractivity contribution in [3.8, 4) is 5.75 Å². The first-order valence-corrected chi connectivity index (χ1v) is 10.3. The second-order valence-electron chi connectivity index (χ2n) is 6.16. The maximum atomic E-state index is 11.6. The Morgan fingerprint density at radius 3 is 2.64 bits per heavy atom. The van der Waals surface area contributed by atoms with Gasteiger partial charge in [-0.1, -0.05) is 35.6 Å². The Balaban J connectivity index is 1.32. The summed E-state index contributed by atoms with van der Waals surface area (Å²) in [5.41, 5.74) is 1.85. The highest BCUT2D eigenvalue weighted by molar-refractivity contribution is 8.18. The van der Waals surface area contributed by atoms with E-state index in [0.29, 0.717) is 18.1 Å². The van der Waals surface area contributed by atoms with Gasteiger partial charge in [0.25, 0.3) is 11.1 Å². The fraction of sp³-hybridized carbons (Fsp3) is 0.150. The van der Waals surface area contributed by atoms with E-state index in [1.54, 1.807) is 17.4 Å². The van der Waals surface area contributed by atoms with Gasteiger partial charge >= 0.3 is 0 Å². The molecule has 0 atom stereocenters. The number of benzene rings is 2. The van der Waals surface area contributed by atoms with Gasteiger partial charge in [-0.2, -0.15) is 0 Å². The Morgan fingerprint density at radius 2 is 1.93 bits per heavy atom. The number of anilines is 1. The zero-order chi connectivity index (χ0) is 19.5. The van der Waals surface area contributed by atoms with Gasteiger partial charge in [0.1, 0.15) is 12.4 Å². The lowest BCUT2D eigenvalue weighted by Gasteiger charge is -2.16. The standard InChI is InChI=1S/C20H17N3O3S2/c1-23(19-21-15-4-2-3-5-16(15)27-19)10-11-26-14-8-6-13(7-9-14)12-17-18(24)22-20(25)28-17/h2-9,12H,10-11H2,1H3,(H,22,24,25)/b17-12-. The number of nitrogens with zero attached hydrogens (tertiary/aromatic N) is 2. The van der Waals surface area contributed by atoms with E-state index >= 15 is 0 Å². The number of carbonyl (C=O) groups is 2. The Morgan fingerprint density at radius 1 is 1.14 bits per heavy atom. The number of likely N-dealkylation sites (N-methyl/N-ethyl adjacent to an activating group) is 1. The molecule has 2 heterocycles. The van der Waals surface area contributed by atoms with Crippen molar-refractivity contribution in [2.75, 3.05) is 25.1 Å². The third-order valence-electron chi connectivity index (χ3n) is 4.12. The van der Waals surface area contributed by atoms with Crippen molar-refractivity contribution in [1.29, 1.82) is 0 Å². The molecule has 0 aliphatic carbocycles. The number of fused-ring (bicyclic) bond motifs is 1. The molecule has 0 saturated carbocycles. The summed E-state index contributed by atoms with van der Waals surface area (Å²) >= 11 is 2.57. The van der Waals surface area contributed by atoms with Crippen molar-refractivity contribution in [2.45, 2.75) is 0 Å². The quantitative estimate of drug-likeness (QED) is 0.615. The molecule has 3 aromatic rings. The zero-order valence-corrected chi connectivity index (χ0v) is 16.7. The number of thioether (sulfide) groups is 1. The Bertz CT molecular complexity index is 1030. The summed E-state index contributed by atoms with van der Waals surface area (Å²) in [6.07, 6.45) is 1.69. The number of carbonyl (C=O) groups excluding carboxylic acids is 2. The molecule has 4 rings (SSSR count). The summed E-state index contributed by atoms with van der Waals surface area (Å²) in [5.74, 6) is 0.396. The molecule has 2 aromatic carbocycles. The molecule has 1 N–H and O–H groups in total. The molecule has 1 aliphatic heterocycles. The average Bonchev–Trinajstić information content (AvgIpc) is 3.26. The van der Waals surface area contributed by atoms with Gasteiger partial charge in [0, 0.05) is 7.05 Å². The Labute approximate surface area is 170 Å². The van der Waals surface area contributed by atoms with E-state index in [9.17, 15) is 9.59 Å². The monoisotopic (exact) mass is 411 g/mol. The summed E-state index contributed by atoms with van der Waals surface area (Å²) in [5, 5.41) is 2.87. The molecule has 1 saturated heterocycles. The lowest BCUT2D eigenvalue weighted by molar-refractivity contribution is -0.115. The van der Waals surface area contributed by atoms with Crippen LogP contribution in [0.25, 0.3) is 16.3 Å². The molecule has 2 amide bonds. The number of para-hydroxylation sites is 1. The number of hydrogen-bond donors (Lipinski definition) is 1. The van der Waals surface area contributed by atoms with Crippen LogP contribution in [0.4, 0.5) is 9.93 Å². The smallest absolute Gasteiger partial charge is 0.290 e. The Kier molecular flexibility index (Phi) is 5.31. The summed E-state index contributed by atoms with van der Waals surface area (Å²) < 4.78 is 6.98. The predicted octanol–water partition coefficient (Wildman–Crippen LogP) is 4.14. The fourth-order valence-electron chi connectivity index (χ4n) is 2.65. The minimum absolute atomic E-state index is 0.339. The summed E-state index contributed by atoms with van der Waals surface area (Å²) in [6, 6.07) is 15.5. The van der Waals surface area contributed by atoms with Gasteiger partial charge in [-0.05, 0) is 47.7 Å². The first-order chi connectivity index (χ1) is 13.6. The molecule has 0 radical (unpaired) electrons. The van der Waals surface area contributed by atoms with Crippen LogP contribution in [0.3, 0.4) is 0 Å². The lowest BCUT2D eigenvalue weighted by atomic mass is 10.2. The van der Waals surface area contributed by atoms with Gasteiger partial charge in [-0.25, -0.2) is 4.98 Å². The number of amides is 2. The van der Waals surface area contributed by atoms with Gasteiger partial charge in [0.05, 0.1) is 21.7 Å². The van der Waals surface area contributed by atoms with Crippen LogP contribution in [0, 0.1) is 0 Å². The first kappa shape index (κ1) is 18.5. The highest BCUT2D eigenvalue weighted by Gasteiger charge is 2.24. The normalized spacial score (nSPS) is 15.2. The number of ether oxygens (including phenoxy) is 1. The summed E-state index contributed by atoms with van der Waals surface area (Å²) in [4.78, 5) is 29.9. The fourth-order valence-corrected chi connectivity index (χ4v) is 4.29. The van der Waals surface area contributed by atoms with Crippen LogP contribution in [0.2, 0.25) is 0 Å². The third-order valence-corrected chi connectivity index (χ3v) is 6.09. The van der Waals surface area contributed by atoms with Crippen LogP contribution in [-0.4, -0.2) is 36.3 Å². The van der Waals surface area contributed by atoms with Crippen molar-refractivity contribution < 1.29 is 14.3 Å². The second kappa shape index (κ2) is 8.04. The van der Waals surface area contributed by atoms with E-state index in [0.717, 1.165) is 33.7 Å². The number of thiazole rings is 1. The molecule has 1 aliphatic rings. The molecular weight excluding hydrogens is 394 g/mol. The molecule has 0 unspecified atom stereocenters. The van der Waals surface area contributed by atoms with Crippen molar-refractivity contribution in [3.63, 3.8) is 0 Å². The number of rotatable bonds is 6. The number of hydrogen-bond acceptors (Lipinski definition) is 7. The predicted molar refractivity (Wildman–Crippen MR) is 114 cm³/mol. The van der Waals surface area contributed by atoms with Crippen molar-refractivity contribution >= 4 is 55.7 Å². The molecule has 8 heteroatoms. The zero-order valence-electron chi connectivity index (χ0n) is 15.0. The molecule has 142 valence electrons. The number of imide groups is 1.